The highest BCUT2D eigenvalue weighted by Crippen LogP contribution is 2.32. The molecule has 2 aliphatic rings. The Kier molecular flexibility index (Phi) is 5.46. The molecule has 0 radical (unpaired) electrons. The zero-order valence-corrected chi connectivity index (χ0v) is 14.7. The Morgan fingerprint density at radius 2 is 1.76 bits per heavy atom. The Bertz CT molecular complexity index is 626. The number of nitrogens with zero attached hydrogens (tertiary/aromatic N) is 2. The first kappa shape index (κ1) is 17.6. The predicted octanol–water partition coefficient (Wildman–Crippen LogP) is 2.23. The summed E-state index contributed by atoms with van der Waals surface area (Å²) < 4.78 is 5.27. The number of hydrogen-bond donors (Lipinski definition) is 1. The Balaban J connectivity index is 1.61. The molecule has 136 valence electrons. The van der Waals surface area contributed by atoms with Gasteiger partial charge in [-0.15, -0.1) is 0 Å². The number of piperazine rings is 1. The van der Waals surface area contributed by atoms with Crippen molar-refractivity contribution in [2.24, 2.45) is 11.8 Å². The van der Waals surface area contributed by atoms with Gasteiger partial charge in [0.05, 0.1) is 18.9 Å². The van der Waals surface area contributed by atoms with Gasteiger partial charge < -0.3 is 19.6 Å². The highest BCUT2D eigenvalue weighted by Gasteiger charge is 2.38. The number of anilines is 1. The molecule has 1 amide bonds. The molecule has 1 N–H and O–H groups in total. The minimum Gasteiger partial charge on any atom is -0.497 e. The number of methoxy groups -OCH3 is 1. The van der Waals surface area contributed by atoms with Gasteiger partial charge in [0.25, 0.3) is 0 Å². The second-order valence-electron chi connectivity index (χ2n) is 6.85. The van der Waals surface area contributed by atoms with Crippen LogP contribution < -0.4 is 9.64 Å². The van der Waals surface area contributed by atoms with E-state index < -0.39 is 11.9 Å². The van der Waals surface area contributed by atoms with Crippen molar-refractivity contribution in [1.82, 2.24) is 4.90 Å². The smallest absolute Gasteiger partial charge is 0.307 e. The van der Waals surface area contributed by atoms with Gasteiger partial charge in [-0.3, -0.25) is 9.59 Å². The normalized spacial score (nSPS) is 24.0. The minimum atomic E-state index is -0.826. The Morgan fingerprint density at radius 1 is 1.08 bits per heavy atom. The number of carbonyl (C=O) groups is 2. The van der Waals surface area contributed by atoms with Gasteiger partial charge in [-0.1, -0.05) is 18.9 Å². The van der Waals surface area contributed by atoms with Crippen LogP contribution in [0.5, 0.6) is 5.75 Å². The summed E-state index contributed by atoms with van der Waals surface area (Å²) in [6.45, 7) is 2.78. The third-order valence-electron chi connectivity index (χ3n) is 5.41. The molecule has 25 heavy (non-hydrogen) atoms. The lowest BCUT2D eigenvalue weighted by Gasteiger charge is -2.39. The van der Waals surface area contributed by atoms with Crippen molar-refractivity contribution < 1.29 is 19.4 Å². The van der Waals surface area contributed by atoms with Crippen molar-refractivity contribution in [3.05, 3.63) is 24.3 Å². The van der Waals surface area contributed by atoms with Crippen molar-refractivity contribution in [1.29, 1.82) is 0 Å². The average molecular weight is 346 g/mol. The number of carbonyl (C=O) groups excluding carboxylic acids is 1. The maximum absolute atomic E-state index is 12.8. The number of rotatable bonds is 4. The average Bonchev–Trinajstić information content (AvgIpc) is 2.67. The molecule has 0 bridgehead atoms. The summed E-state index contributed by atoms with van der Waals surface area (Å²) in [5.74, 6) is -0.847. The standard InChI is InChI=1S/C19H26N2O4/c1-25-15-6-4-5-14(13-15)20-9-11-21(12-10-20)18(22)16-7-2-3-8-17(16)19(23)24/h4-6,13,16-17H,2-3,7-12H2,1H3,(H,23,24). The number of amides is 1. The molecule has 1 saturated heterocycles. The van der Waals surface area contributed by atoms with Gasteiger partial charge in [-0.25, -0.2) is 0 Å². The third-order valence-corrected chi connectivity index (χ3v) is 5.41. The second-order valence-corrected chi connectivity index (χ2v) is 6.85. The summed E-state index contributed by atoms with van der Waals surface area (Å²) in [5, 5.41) is 9.41. The maximum Gasteiger partial charge on any atom is 0.307 e. The van der Waals surface area contributed by atoms with Crippen LogP contribution in [-0.2, 0) is 9.59 Å². The first-order chi connectivity index (χ1) is 12.1. The van der Waals surface area contributed by atoms with Crippen molar-refractivity contribution in [2.75, 3.05) is 38.2 Å². The van der Waals surface area contributed by atoms with Crippen molar-refractivity contribution in [3.8, 4) is 5.75 Å². The van der Waals surface area contributed by atoms with Crippen LogP contribution in [0.4, 0.5) is 5.69 Å². The second kappa shape index (κ2) is 7.76. The number of ether oxygens (including phenoxy) is 1. The van der Waals surface area contributed by atoms with Gasteiger partial charge >= 0.3 is 5.97 Å². The van der Waals surface area contributed by atoms with Gasteiger partial charge in [0.2, 0.25) is 5.91 Å². The van der Waals surface area contributed by atoms with Gasteiger partial charge in [0, 0.05) is 37.9 Å². The van der Waals surface area contributed by atoms with E-state index in [0.717, 1.165) is 37.4 Å². The van der Waals surface area contributed by atoms with E-state index >= 15 is 0 Å². The van der Waals surface area contributed by atoms with Crippen LogP contribution in [0.15, 0.2) is 24.3 Å². The monoisotopic (exact) mass is 346 g/mol. The molecule has 2 fully saturated rings. The third kappa shape index (κ3) is 3.89. The summed E-state index contributed by atoms with van der Waals surface area (Å²) in [4.78, 5) is 28.4. The van der Waals surface area contributed by atoms with E-state index in [2.05, 4.69) is 4.90 Å². The van der Waals surface area contributed by atoms with Crippen LogP contribution in [0.25, 0.3) is 0 Å². The predicted molar refractivity (Wildman–Crippen MR) is 94.9 cm³/mol. The lowest BCUT2D eigenvalue weighted by molar-refractivity contribution is -0.152. The van der Waals surface area contributed by atoms with Crippen LogP contribution in [0.1, 0.15) is 25.7 Å². The van der Waals surface area contributed by atoms with Crippen LogP contribution >= 0.6 is 0 Å². The van der Waals surface area contributed by atoms with E-state index in [9.17, 15) is 14.7 Å². The molecule has 3 rings (SSSR count). The SMILES string of the molecule is COc1cccc(N2CCN(C(=O)C3CCCCC3C(=O)O)CC2)c1. The van der Waals surface area contributed by atoms with Crippen LogP contribution in [0.2, 0.25) is 0 Å². The minimum absolute atomic E-state index is 0.0254. The fourth-order valence-corrected chi connectivity index (χ4v) is 3.95. The van der Waals surface area contributed by atoms with E-state index in [0.29, 0.717) is 25.9 Å². The lowest BCUT2D eigenvalue weighted by Crippen LogP contribution is -2.52. The van der Waals surface area contributed by atoms with E-state index in [1.807, 2.05) is 29.2 Å². The Hall–Kier alpha value is -2.24. The zero-order valence-electron chi connectivity index (χ0n) is 14.7. The fraction of sp³-hybridized carbons (Fsp3) is 0.579. The van der Waals surface area contributed by atoms with Crippen LogP contribution in [-0.4, -0.2) is 55.2 Å². The molecule has 2 unspecified atom stereocenters. The fourth-order valence-electron chi connectivity index (χ4n) is 3.95. The summed E-state index contributed by atoms with van der Waals surface area (Å²) in [6, 6.07) is 7.92. The van der Waals surface area contributed by atoms with Crippen molar-refractivity contribution >= 4 is 17.6 Å². The largest absolute Gasteiger partial charge is 0.497 e. The Labute approximate surface area is 148 Å². The Morgan fingerprint density at radius 3 is 2.40 bits per heavy atom. The molecule has 1 aromatic rings. The van der Waals surface area contributed by atoms with Gasteiger partial charge in [-0.05, 0) is 25.0 Å². The number of carboxylic acids is 1. The molecular formula is C19H26N2O4. The van der Waals surface area contributed by atoms with Crippen molar-refractivity contribution in [3.63, 3.8) is 0 Å². The summed E-state index contributed by atoms with van der Waals surface area (Å²) in [6.07, 6.45) is 3.18. The van der Waals surface area contributed by atoms with Crippen molar-refractivity contribution in [2.45, 2.75) is 25.7 Å². The molecule has 0 spiro atoms. The molecule has 1 saturated carbocycles. The van der Waals surface area contributed by atoms with Gasteiger partial charge in [0.15, 0.2) is 0 Å². The number of aliphatic carboxylic acids is 1. The van der Waals surface area contributed by atoms with Crippen LogP contribution in [0, 0.1) is 11.8 Å². The topological polar surface area (TPSA) is 70.1 Å². The zero-order chi connectivity index (χ0) is 17.8. The highest BCUT2D eigenvalue weighted by atomic mass is 16.5. The van der Waals surface area contributed by atoms with Gasteiger partial charge in [0.1, 0.15) is 5.75 Å². The van der Waals surface area contributed by atoms with Crippen LogP contribution in [0.3, 0.4) is 0 Å². The molecule has 6 heteroatoms. The molecule has 0 aromatic heterocycles. The summed E-state index contributed by atoms with van der Waals surface area (Å²) >= 11 is 0. The van der Waals surface area contributed by atoms with E-state index in [1.165, 1.54) is 0 Å². The summed E-state index contributed by atoms with van der Waals surface area (Å²) in [5.41, 5.74) is 1.09. The number of hydrogen-bond acceptors (Lipinski definition) is 4. The molecule has 2 atom stereocenters. The molecule has 6 nitrogen and oxygen atoms in total. The molecule has 1 aliphatic heterocycles. The van der Waals surface area contributed by atoms with E-state index in [4.69, 9.17) is 4.74 Å². The molecular weight excluding hydrogens is 320 g/mol. The number of benzene rings is 1. The highest BCUT2D eigenvalue weighted by molar-refractivity contribution is 5.85. The summed E-state index contributed by atoms with van der Waals surface area (Å²) in [7, 11) is 1.65. The molecule has 1 aliphatic carbocycles. The van der Waals surface area contributed by atoms with E-state index in [-0.39, 0.29) is 11.8 Å². The molecule has 1 heterocycles. The molecule has 1 aromatic carbocycles. The lowest BCUT2D eigenvalue weighted by atomic mass is 9.78. The number of carboxylic acid groups (broad SMARTS) is 1. The maximum atomic E-state index is 12.8. The van der Waals surface area contributed by atoms with E-state index in [1.54, 1.807) is 7.11 Å². The quantitative estimate of drug-likeness (QED) is 0.905. The first-order valence-corrected chi connectivity index (χ1v) is 9.00. The first-order valence-electron chi connectivity index (χ1n) is 9.00. The van der Waals surface area contributed by atoms with Gasteiger partial charge in [-0.2, -0.15) is 0 Å².